The second-order valence-corrected chi connectivity index (χ2v) is 9.80. The Hall–Kier alpha value is -4.80. The Bertz CT molecular complexity index is 1730. The van der Waals surface area contributed by atoms with Gasteiger partial charge in [0.2, 0.25) is 5.91 Å². The van der Waals surface area contributed by atoms with Crippen LogP contribution in [-0.2, 0) is 23.2 Å². The summed E-state index contributed by atoms with van der Waals surface area (Å²) in [5.74, 6) is -0.0485. The summed E-state index contributed by atoms with van der Waals surface area (Å²) in [6.45, 7) is 3.80. The number of halogens is 2. The first kappa shape index (κ1) is 24.5. The molecule has 0 fully saturated rings. The number of hydrogen-bond donors (Lipinski definition) is 0. The van der Waals surface area contributed by atoms with Gasteiger partial charge in [-0.25, -0.2) is 13.8 Å². The summed E-state index contributed by atoms with van der Waals surface area (Å²) in [4.78, 5) is 23.9. The van der Waals surface area contributed by atoms with Crippen molar-refractivity contribution in [2.45, 2.75) is 32.2 Å². The second-order valence-electron chi connectivity index (χ2n) is 9.80. The van der Waals surface area contributed by atoms with Crippen LogP contribution < -0.4 is 9.64 Å². The Balaban J connectivity index is 1.45. The molecule has 0 saturated carbocycles. The number of methoxy groups -OCH3 is 1. The zero-order chi connectivity index (χ0) is 27.3. The van der Waals surface area contributed by atoms with Crippen LogP contribution in [0.15, 0.2) is 60.8 Å². The topological polar surface area (TPSA) is 98.9 Å². The molecule has 0 aliphatic carbocycles. The minimum atomic E-state index is -0.948. The standard InChI is InChI=1S/C28H23F2N7O2/c1-28(2)24-25(36(26(28)38)15-16-8-10-19(39-3)11-9-16)32-27(34-33-24)37-22-13-18(29)14-31-23(22)21(35-37)12-17-6-4-5-7-20(17)30/h4-11,13-14H,12,15H2,1-3H3. The van der Waals surface area contributed by atoms with E-state index in [1.54, 1.807) is 44.1 Å². The highest BCUT2D eigenvalue weighted by Crippen LogP contribution is 2.39. The van der Waals surface area contributed by atoms with Crippen molar-refractivity contribution in [1.29, 1.82) is 0 Å². The van der Waals surface area contributed by atoms with E-state index in [1.807, 2.05) is 24.3 Å². The number of rotatable bonds is 6. The molecule has 0 saturated heterocycles. The number of amides is 1. The quantitative estimate of drug-likeness (QED) is 0.325. The summed E-state index contributed by atoms with van der Waals surface area (Å²) in [5.41, 5.74) is 1.87. The Labute approximate surface area is 222 Å². The first-order valence-corrected chi connectivity index (χ1v) is 12.2. The van der Waals surface area contributed by atoms with Gasteiger partial charge in [0.1, 0.15) is 28.6 Å². The van der Waals surface area contributed by atoms with Gasteiger partial charge in [0.05, 0.1) is 36.5 Å². The van der Waals surface area contributed by atoms with Crippen molar-refractivity contribution in [3.05, 3.63) is 94.9 Å². The molecule has 9 nitrogen and oxygen atoms in total. The molecular weight excluding hydrogens is 504 g/mol. The molecule has 1 amide bonds. The number of carbonyl (C=O) groups is 1. The van der Waals surface area contributed by atoms with Gasteiger partial charge in [-0.05, 0) is 43.2 Å². The predicted molar refractivity (Wildman–Crippen MR) is 139 cm³/mol. The van der Waals surface area contributed by atoms with Gasteiger partial charge < -0.3 is 4.74 Å². The number of benzene rings is 2. The van der Waals surface area contributed by atoms with Gasteiger partial charge in [-0.1, -0.05) is 30.3 Å². The molecule has 3 aromatic heterocycles. The molecule has 0 N–H and O–H groups in total. The molecule has 5 aromatic rings. The van der Waals surface area contributed by atoms with Crippen LogP contribution in [0.5, 0.6) is 5.75 Å². The fourth-order valence-corrected chi connectivity index (χ4v) is 4.71. The van der Waals surface area contributed by atoms with Crippen LogP contribution in [0.2, 0.25) is 0 Å². The van der Waals surface area contributed by atoms with Crippen molar-refractivity contribution < 1.29 is 18.3 Å². The average molecular weight is 528 g/mol. The van der Waals surface area contributed by atoms with E-state index in [9.17, 15) is 13.6 Å². The molecule has 0 bridgehead atoms. The van der Waals surface area contributed by atoms with E-state index in [0.29, 0.717) is 39.6 Å². The summed E-state index contributed by atoms with van der Waals surface area (Å²) < 4.78 is 35.2. The Morgan fingerprint density at radius 1 is 1.03 bits per heavy atom. The molecule has 11 heteroatoms. The maximum atomic E-state index is 14.4. The minimum Gasteiger partial charge on any atom is -0.497 e. The third-order valence-electron chi connectivity index (χ3n) is 6.85. The maximum Gasteiger partial charge on any atom is 0.272 e. The molecule has 2 aromatic carbocycles. The molecule has 0 atom stereocenters. The highest BCUT2D eigenvalue weighted by atomic mass is 19.1. The molecule has 0 radical (unpaired) electrons. The van der Waals surface area contributed by atoms with Crippen molar-refractivity contribution in [1.82, 2.24) is 29.9 Å². The molecule has 0 unspecified atom stereocenters. The normalized spacial score (nSPS) is 14.2. The lowest BCUT2D eigenvalue weighted by atomic mass is 9.91. The smallest absolute Gasteiger partial charge is 0.272 e. The van der Waals surface area contributed by atoms with E-state index >= 15 is 0 Å². The van der Waals surface area contributed by atoms with E-state index < -0.39 is 11.2 Å². The molecule has 1 aliphatic heterocycles. The van der Waals surface area contributed by atoms with Crippen LogP contribution in [0.3, 0.4) is 0 Å². The largest absolute Gasteiger partial charge is 0.497 e. The highest BCUT2D eigenvalue weighted by molar-refractivity contribution is 6.05. The van der Waals surface area contributed by atoms with Crippen LogP contribution in [-0.4, -0.2) is 43.0 Å². The van der Waals surface area contributed by atoms with E-state index in [0.717, 1.165) is 11.8 Å². The molecular formula is C28H23F2N7O2. The lowest BCUT2D eigenvalue weighted by Gasteiger charge is -2.19. The van der Waals surface area contributed by atoms with Crippen LogP contribution >= 0.6 is 0 Å². The molecule has 39 heavy (non-hydrogen) atoms. The molecule has 196 valence electrons. The Kier molecular flexibility index (Phi) is 5.78. The van der Waals surface area contributed by atoms with Gasteiger partial charge in [-0.15, -0.1) is 10.2 Å². The summed E-state index contributed by atoms with van der Waals surface area (Å²) >= 11 is 0. The minimum absolute atomic E-state index is 0.0381. The molecule has 0 spiro atoms. The number of fused-ring (bicyclic) bond motifs is 2. The third kappa shape index (κ3) is 4.15. The van der Waals surface area contributed by atoms with E-state index in [4.69, 9.17) is 4.74 Å². The van der Waals surface area contributed by atoms with Crippen LogP contribution in [0, 0.1) is 11.6 Å². The summed E-state index contributed by atoms with van der Waals surface area (Å²) in [5, 5.41) is 13.2. The highest BCUT2D eigenvalue weighted by Gasteiger charge is 2.47. The summed E-state index contributed by atoms with van der Waals surface area (Å²) in [7, 11) is 1.59. The first-order valence-electron chi connectivity index (χ1n) is 12.2. The van der Waals surface area contributed by atoms with E-state index in [1.165, 1.54) is 16.8 Å². The number of nitrogens with zero attached hydrogens (tertiary/aromatic N) is 7. The first-order chi connectivity index (χ1) is 18.8. The number of aromatic nitrogens is 6. The second kappa shape index (κ2) is 9.19. The van der Waals surface area contributed by atoms with Crippen LogP contribution in [0.25, 0.3) is 17.0 Å². The summed E-state index contributed by atoms with van der Waals surface area (Å²) in [6, 6.07) is 15.0. The van der Waals surface area contributed by atoms with E-state index in [-0.39, 0.29) is 30.6 Å². The Morgan fingerprint density at radius 2 is 1.79 bits per heavy atom. The van der Waals surface area contributed by atoms with Gasteiger partial charge >= 0.3 is 0 Å². The molecule has 6 rings (SSSR count). The van der Waals surface area contributed by atoms with E-state index in [2.05, 4.69) is 25.3 Å². The van der Waals surface area contributed by atoms with Gasteiger partial charge in [-0.2, -0.15) is 14.8 Å². The van der Waals surface area contributed by atoms with Crippen LogP contribution in [0.4, 0.5) is 14.6 Å². The Morgan fingerprint density at radius 3 is 2.54 bits per heavy atom. The number of carbonyl (C=O) groups excluding carboxylic acids is 1. The number of hydrogen-bond acceptors (Lipinski definition) is 7. The van der Waals surface area contributed by atoms with Crippen molar-refractivity contribution in [3.8, 4) is 11.7 Å². The third-order valence-corrected chi connectivity index (χ3v) is 6.85. The number of ether oxygens (including phenoxy) is 1. The SMILES string of the molecule is COc1ccc(CN2C(=O)C(C)(C)c3nnc(-n4nc(Cc5ccccc5F)c5ncc(F)cc54)nc32)cc1. The molecule has 1 aliphatic rings. The van der Waals surface area contributed by atoms with Gasteiger partial charge in [0.25, 0.3) is 5.95 Å². The van der Waals surface area contributed by atoms with Crippen molar-refractivity contribution in [2.24, 2.45) is 0 Å². The summed E-state index contributed by atoms with van der Waals surface area (Å²) in [6.07, 6.45) is 1.21. The average Bonchev–Trinajstić information content (AvgIpc) is 3.37. The van der Waals surface area contributed by atoms with Gasteiger partial charge in [-0.3, -0.25) is 9.69 Å². The fourth-order valence-electron chi connectivity index (χ4n) is 4.71. The number of anilines is 1. The van der Waals surface area contributed by atoms with Gasteiger partial charge in [0, 0.05) is 12.5 Å². The fraction of sp³-hybridized carbons (Fsp3) is 0.214. The monoisotopic (exact) mass is 527 g/mol. The van der Waals surface area contributed by atoms with Gasteiger partial charge in [0.15, 0.2) is 5.82 Å². The zero-order valence-electron chi connectivity index (χ0n) is 21.4. The van der Waals surface area contributed by atoms with Crippen molar-refractivity contribution in [3.63, 3.8) is 0 Å². The molecule has 4 heterocycles. The van der Waals surface area contributed by atoms with Crippen LogP contribution in [0.1, 0.15) is 36.4 Å². The van der Waals surface area contributed by atoms with Crippen molar-refractivity contribution in [2.75, 3.05) is 12.0 Å². The zero-order valence-corrected chi connectivity index (χ0v) is 21.4. The van der Waals surface area contributed by atoms with Crippen molar-refractivity contribution >= 4 is 22.8 Å². The predicted octanol–water partition coefficient (Wildman–Crippen LogP) is 4.31. The lowest BCUT2D eigenvalue weighted by molar-refractivity contribution is -0.122. The lowest BCUT2D eigenvalue weighted by Crippen LogP contribution is -2.36. The number of pyridine rings is 1. The maximum absolute atomic E-state index is 14.4.